The number of nitrogens with zero attached hydrogens (tertiary/aromatic N) is 1. The van der Waals surface area contributed by atoms with E-state index in [1.54, 1.807) is 0 Å². The summed E-state index contributed by atoms with van der Waals surface area (Å²) in [5, 5.41) is 3.07. The van der Waals surface area contributed by atoms with Crippen LogP contribution in [0.1, 0.15) is 42.5 Å². The fraction of sp³-hybridized carbons (Fsp3) is 0.263. The van der Waals surface area contributed by atoms with Crippen molar-refractivity contribution in [3.63, 3.8) is 0 Å². The number of para-hydroxylation sites is 2. The zero-order chi connectivity index (χ0) is 18.0. The van der Waals surface area contributed by atoms with Crippen LogP contribution in [-0.4, -0.2) is 15.9 Å². The third-order valence-electron chi connectivity index (χ3n) is 4.38. The van der Waals surface area contributed by atoms with Crippen molar-refractivity contribution in [1.29, 1.82) is 0 Å². The number of aromatic nitrogens is 2. The van der Waals surface area contributed by atoms with E-state index < -0.39 is 5.82 Å². The number of fused-ring (bicyclic) bond motifs is 1. The maximum Gasteiger partial charge on any atom is 0.253 e. The van der Waals surface area contributed by atoms with E-state index in [0.717, 1.165) is 23.5 Å². The lowest BCUT2D eigenvalue weighted by Crippen LogP contribution is -2.33. The maximum atomic E-state index is 13.2. The Morgan fingerprint density at radius 1 is 1.32 bits per heavy atom. The first kappa shape index (κ1) is 17.4. The molecule has 0 saturated carbocycles. The molecule has 4 nitrogen and oxygen atoms in total. The lowest BCUT2D eigenvalue weighted by atomic mass is 9.98. The van der Waals surface area contributed by atoms with Gasteiger partial charge in [0.25, 0.3) is 5.91 Å². The van der Waals surface area contributed by atoms with E-state index in [0.29, 0.717) is 5.82 Å². The standard InChI is InChI=1S/C19H19ClFN3O/c1-3-11(2)17(18-22-15-6-4-5-7-16(15)23-18)24-19(25)13-9-8-12(21)10-14(13)20/h4-11,17H,3H2,1-2H3,(H,22,23)(H,24,25). The van der Waals surface area contributed by atoms with Crippen molar-refractivity contribution in [3.8, 4) is 0 Å². The molecule has 2 atom stereocenters. The molecule has 0 bridgehead atoms. The SMILES string of the molecule is CCC(C)C(NC(=O)c1ccc(F)cc1Cl)c1nc2ccccc2[nH]1. The van der Waals surface area contributed by atoms with Crippen LogP contribution in [0.2, 0.25) is 5.02 Å². The van der Waals surface area contributed by atoms with Crippen LogP contribution in [0.25, 0.3) is 11.0 Å². The molecule has 0 spiro atoms. The van der Waals surface area contributed by atoms with Crippen LogP contribution < -0.4 is 5.32 Å². The highest BCUT2D eigenvalue weighted by Gasteiger charge is 2.25. The van der Waals surface area contributed by atoms with Crippen molar-refractivity contribution >= 4 is 28.5 Å². The summed E-state index contributed by atoms with van der Waals surface area (Å²) in [5.41, 5.74) is 2.01. The van der Waals surface area contributed by atoms with Crippen LogP contribution in [-0.2, 0) is 0 Å². The number of imidazole rings is 1. The van der Waals surface area contributed by atoms with Gasteiger partial charge in [-0.3, -0.25) is 4.79 Å². The molecule has 1 aromatic heterocycles. The lowest BCUT2D eigenvalue weighted by Gasteiger charge is -2.22. The second kappa shape index (κ2) is 7.23. The van der Waals surface area contributed by atoms with E-state index in [-0.39, 0.29) is 28.5 Å². The molecule has 130 valence electrons. The first-order valence-corrected chi connectivity index (χ1v) is 8.58. The average Bonchev–Trinajstić information content (AvgIpc) is 3.02. The van der Waals surface area contributed by atoms with Gasteiger partial charge in [-0.05, 0) is 36.2 Å². The first-order valence-electron chi connectivity index (χ1n) is 8.20. The highest BCUT2D eigenvalue weighted by atomic mass is 35.5. The quantitative estimate of drug-likeness (QED) is 0.682. The highest BCUT2D eigenvalue weighted by Crippen LogP contribution is 2.26. The van der Waals surface area contributed by atoms with Crippen LogP contribution >= 0.6 is 11.6 Å². The second-order valence-electron chi connectivity index (χ2n) is 6.10. The minimum Gasteiger partial charge on any atom is -0.342 e. The lowest BCUT2D eigenvalue weighted by molar-refractivity contribution is 0.0920. The number of hydrogen-bond donors (Lipinski definition) is 2. The zero-order valence-electron chi connectivity index (χ0n) is 14.0. The zero-order valence-corrected chi connectivity index (χ0v) is 14.8. The molecule has 0 aliphatic carbocycles. The Morgan fingerprint density at radius 2 is 2.08 bits per heavy atom. The second-order valence-corrected chi connectivity index (χ2v) is 6.51. The third kappa shape index (κ3) is 3.66. The summed E-state index contributed by atoms with van der Waals surface area (Å²) in [5.74, 6) is 0.0268. The van der Waals surface area contributed by atoms with Crippen molar-refractivity contribution in [2.75, 3.05) is 0 Å². The Hall–Kier alpha value is -2.40. The molecule has 0 aliphatic heterocycles. The Morgan fingerprint density at radius 3 is 2.76 bits per heavy atom. The number of hydrogen-bond acceptors (Lipinski definition) is 2. The monoisotopic (exact) mass is 359 g/mol. The summed E-state index contributed by atoms with van der Waals surface area (Å²) in [6, 6.07) is 11.2. The summed E-state index contributed by atoms with van der Waals surface area (Å²) in [7, 11) is 0. The molecule has 2 N–H and O–H groups in total. The highest BCUT2D eigenvalue weighted by molar-refractivity contribution is 6.33. The van der Waals surface area contributed by atoms with Crippen molar-refractivity contribution < 1.29 is 9.18 Å². The number of nitrogens with one attached hydrogen (secondary N) is 2. The molecular weight excluding hydrogens is 341 g/mol. The maximum absolute atomic E-state index is 13.2. The van der Waals surface area contributed by atoms with Crippen molar-refractivity contribution in [3.05, 3.63) is 64.7 Å². The molecule has 2 aromatic carbocycles. The summed E-state index contributed by atoms with van der Waals surface area (Å²) >= 11 is 6.01. The van der Waals surface area contributed by atoms with Gasteiger partial charge in [0.2, 0.25) is 0 Å². The van der Waals surface area contributed by atoms with Gasteiger partial charge < -0.3 is 10.3 Å². The van der Waals surface area contributed by atoms with E-state index in [9.17, 15) is 9.18 Å². The molecule has 0 aliphatic rings. The van der Waals surface area contributed by atoms with Gasteiger partial charge in [-0.2, -0.15) is 0 Å². The fourth-order valence-electron chi connectivity index (χ4n) is 2.73. The minimum atomic E-state index is -0.475. The van der Waals surface area contributed by atoms with Crippen LogP contribution in [0.3, 0.4) is 0 Å². The van der Waals surface area contributed by atoms with E-state index in [4.69, 9.17) is 11.6 Å². The van der Waals surface area contributed by atoms with Gasteiger partial charge in [-0.25, -0.2) is 9.37 Å². The number of halogens is 2. The molecule has 3 rings (SSSR count). The topological polar surface area (TPSA) is 57.8 Å². The Kier molecular flexibility index (Phi) is 5.04. The summed E-state index contributed by atoms with van der Waals surface area (Å²) in [4.78, 5) is 20.5. The van der Waals surface area contributed by atoms with Crippen LogP contribution in [0, 0.1) is 11.7 Å². The fourth-order valence-corrected chi connectivity index (χ4v) is 2.98. The van der Waals surface area contributed by atoms with Crippen molar-refractivity contribution in [1.82, 2.24) is 15.3 Å². The van der Waals surface area contributed by atoms with Crippen LogP contribution in [0.5, 0.6) is 0 Å². The first-order chi connectivity index (χ1) is 12.0. The number of H-pyrrole nitrogens is 1. The van der Waals surface area contributed by atoms with E-state index in [1.165, 1.54) is 12.1 Å². The predicted molar refractivity (Wildman–Crippen MR) is 97.2 cm³/mol. The predicted octanol–water partition coefficient (Wildman–Crippen LogP) is 4.87. The third-order valence-corrected chi connectivity index (χ3v) is 4.69. The molecule has 0 saturated heterocycles. The van der Waals surface area contributed by atoms with Gasteiger partial charge in [-0.15, -0.1) is 0 Å². The molecule has 0 fully saturated rings. The van der Waals surface area contributed by atoms with E-state index in [2.05, 4.69) is 22.2 Å². The molecular formula is C19H19ClFN3O. The summed E-state index contributed by atoms with van der Waals surface area (Å²) in [6.07, 6.45) is 0.860. The largest absolute Gasteiger partial charge is 0.342 e. The number of rotatable bonds is 5. The molecule has 1 heterocycles. The Bertz CT molecular complexity index is 876. The van der Waals surface area contributed by atoms with Gasteiger partial charge in [-0.1, -0.05) is 44.0 Å². The van der Waals surface area contributed by atoms with Gasteiger partial charge in [0, 0.05) is 0 Å². The normalized spacial score (nSPS) is 13.6. The summed E-state index contributed by atoms with van der Waals surface area (Å²) < 4.78 is 13.2. The number of carbonyl (C=O) groups excluding carboxylic acids is 1. The van der Waals surface area contributed by atoms with Crippen LogP contribution in [0.15, 0.2) is 42.5 Å². The van der Waals surface area contributed by atoms with Gasteiger partial charge >= 0.3 is 0 Å². The Labute approximate surface area is 150 Å². The molecule has 1 amide bonds. The molecule has 25 heavy (non-hydrogen) atoms. The molecule has 0 radical (unpaired) electrons. The number of carbonyl (C=O) groups is 1. The van der Waals surface area contributed by atoms with E-state index >= 15 is 0 Å². The number of amides is 1. The van der Waals surface area contributed by atoms with Crippen molar-refractivity contribution in [2.45, 2.75) is 26.3 Å². The average molecular weight is 360 g/mol. The van der Waals surface area contributed by atoms with Gasteiger partial charge in [0.1, 0.15) is 11.6 Å². The van der Waals surface area contributed by atoms with E-state index in [1.807, 2.05) is 31.2 Å². The van der Waals surface area contributed by atoms with Crippen LogP contribution in [0.4, 0.5) is 4.39 Å². The van der Waals surface area contributed by atoms with Gasteiger partial charge in [0.15, 0.2) is 0 Å². The summed E-state index contributed by atoms with van der Waals surface area (Å²) in [6.45, 7) is 4.10. The van der Waals surface area contributed by atoms with Crippen molar-refractivity contribution in [2.24, 2.45) is 5.92 Å². The molecule has 3 aromatic rings. The minimum absolute atomic E-state index is 0.0880. The number of aromatic amines is 1. The Balaban J connectivity index is 1.92. The molecule has 2 unspecified atom stereocenters. The van der Waals surface area contributed by atoms with Gasteiger partial charge in [0.05, 0.1) is 27.7 Å². The smallest absolute Gasteiger partial charge is 0.253 e. The molecule has 6 heteroatoms. The number of benzene rings is 2.